The molecule has 1 fully saturated rings. The molecule has 166 valence electrons. The van der Waals surface area contributed by atoms with Crippen molar-refractivity contribution in [2.24, 2.45) is 5.92 Å². The van der Waals surface area contributed by atoms with Crippen molar-refractivity contribution in [1.82, 2.24) is 9.55 Å². The molecule has 2 rings (SSSR count). The molecule has 1 aromatic heterocycles. The minimum absolute atomic E-state index is 0.232. The maximum absolute atomic E-state index is 11.9. The molecule has 0 aliphatic carbocycles. The monoisotopic (exact) mass is 592 g/mol. The smallest absolute Gasteiger partial charge is 0.352 e. The van der Waals surface area contributed by atoms with Gasteiger partial charge in [0, 0.05) is 6.20 Å². The summed E-state index contributed by atoms with van der Waals surface area (Å²) in [5.41, 5.74) is -1.29. The Morgan fingerprint density at radius 3 is 2.41 bits per heavy atom. The molecule has 2 heterocycles. The highest BCUT2D eigenvalue weighted by Crippen LogP contribution is 2.66. The molecule has 0 spiro atoms. The molecule has 0 saturated carbocycles. The summed E-state index contributed by atoms with van der Waals surface area (Å²) in [6.07, 6.45) is -0.130. The van der Waals surface area contributed by atoms with Crippen LogP contribution in [0.15, 0.2) is 15.8 Å². The average molecular weight is 592 g/mol. The Hall–Kier alpha value is -0.220. The molecule has 0 amide bonds. The van der Waals surface area contributed by atoms with E-state index in [0.717, 1.165) is 4.57 Å². The Balaban J connectivity index is 2.03. The highest BCUT2D eigenvalue weighted by molar-refractivity contribution is 14.1. The number of phosphoric acid groups is 3. The van der Waals surface area contributed by atoms with Gasteiger partial charge < -0.3 is 24.3 Å². The van der Waals surface area contributed by atoms with Gasteiger partial charge in [-0.25, -0.2) is 18.5 Å². The summed E-state index contributed by atoms with van der Waals surface area (Å²) < 4.78 is 52.4. The Labute approximate surface area is 175 Å². The summed E-state index contributed by atoms with van der Waals surface area (Å²) in [5.74, 6) is -0.316. The number of halogens is 1. The molecule has 1 aliphatic rings. The minimum atomic E-state index is -5.61. The van der Waals surface area contributed by atoms with Gasteiger partial charge in [0.2, 0.25) is 0 Å². The van der Waals surface area contributed by atoms with Gasteiger partial charge in [-0.1, -0.05) is 6.92 Å². The van der Waals surface area contributed by atoms with Crippen LogP contribution in [0.2, 0.25) is 0 Å². The van der Waals surface area contributed by atoms with Crippen molar-refractivity contribution >= 4 is 46.1 Å². The molecule has 0 bridgehead atoms. The predicted molar refractivity (Wildman–Crippen MR) is 102 cm³/mol. The summed E-state index contributed by atoms with van der Waals surface area (Å²) in [5, 5.41) is 0. The highest BCUT2D eigenvalue weighted by atomic mass is 127. The number of hydrogen-bond acceptors (Lipinski definition) is 9. The number of H-pyrrole nitrogens is 1. The zero-order chi connectivity index (χ0) is 22.2. The summed E-state index contributed by atoms with van der Waals surface area (Å²) in [4.78, 5) is 61.0. The number of aromatic nitrogens is 2. The molecular weight excluding hydrogens is 576 g/mol. The van der Waals surface area contributed by atoms with Crippen LogP contribution in [-0.2, 0) is 31.6 Å². The molecule has 15 nitrogen and oxygen atoms in total. The van der Waals surface area contributed by atoms with E-state index in [1.807, 2.05) is 0 Å². The molecule has 29 heavy (non-hydrogen) atoms. The third-order valence-electron chi connectivity index (χ3n) is 3.59. The van der Waals surface area contributed by atoms with E-state index < -0.39 is 53.7 Å². The fraction of sp³-hybridized carbons (Fsp3) is 0.600. The quantitative estimate of drug-likeness (QED) is 0.204. The van der Waals surface area contributed by atoms with Gasteiger partial charge in [-0.05, 0) is 34.9 Å². The number of nitrogens with one attached hydrogen (secondary N) is 1. The van der Waals surface area contributed by atoms with Crippen molar-refractivity contribution in [3.8, 4) is 0 Å². The van der Waals surface area contributed by atoms with Gasteiger partial charge in [0.05, 0.1) is 16.3 Å². The third kappa shape index (κ3) is 7.45. The van der Waals surface area contributed by atoms with E-state index >= 15 is 0 Å². The first kappa shape index (κ1) is 25.0. The van der Waals surface area contributed by atoms with Crippen molar-refractivity contribution in [3.05, 3.63) is 30.6 Å². The highest BCUT2D eigenvalue weighted by Gasteiger charge is 2.42. The number of rotatable bonds is 8. The maximum Gasteiger partial charge on any atom is 0.490 e. The van der Waals surface area contributed by atoms with Crippen molar-refractivity contribution in [3.63, 3.8) is 0 Å². The molecule has 1 aromatic rings. The first-order valence-corrected chi connectivity index (χ1v) is 13.1. The van der Waals surface area contributed by atoms with Crippen molar-refractivity contribution in [1.29, 1.82) is 0 Å². The van der Waals surface area contributed by atoms with E-state index in [-0.39, 0.29) is 15.9 Å². The van der Waals surface area contributed by atoms with E-state index in [4.69, 9.17) is 19.4 Å². The van der Waals surface area contributed by atoms with E-state index in [0.29, 0.717) is 0 Å². The van der Waals surface area contributed by atoms with Crippen LogP contribution in [0.3, 0.4) is 0 Å². The minimum Gasteiger partial charge on any atom is -0.352 e. The first-order valence-electron chi connectivity index (χ1n) is 7.53. The topological polar surface area (TPSA) is 224 Å². The number of phosphoric ester groups is 1. The van der Waals surface area contributed by atoms with Crippen molar-refractivity contribution in [2.45, 2.75) is 25.7 Å². The first-order chi connectivity index (χ1) is 13.1. The normalized spacial score (nSPS) is 26.8. The SMILES string of the molecule is C[C@H]1C[C@H](n2cc(I)c(=O)[nH]c2=O)O[C@@H]1COP(=O)(O)OP(=O)(O)OP(=O)(O)O. The van der Waals surface area contributed by atoms with Gasteiger partial charge in [-0.3, -0.25) is 18.9 Å². The molecule has 0 radical (unpaired) electrons. The summed E-state index contributed by atoms with van der Waals surface area (Å²) in [7, 11) is -16.4. The van der Waals surface area contributed by atoms with Gasteiger partial charge in [-0.15, -0.1) is 0 Å². The van der Waals surface area contributed by atoms with Crippen LogP contribution in [0.25, 0.3) is 0 Å². The van der Waals surface area contributed by atoms with Crippen molar-refractivity contribution < 1.29 is 51.2 Å². The number of hydrogen-bond donors (Lipinski definition) is 5. The summed E-state index contributed by atoms with van der Waals surface area (Å²) in [6.45, 7) is 1.04. The second-order valence-electron chi connectivity index (χ2n) is 5.87. The van der Waals surface area contributed by atoms with Crippen molar-refractivity contribution in [2.75, 3.05) is 6.61 Å². The van der Waals surface area contributed by atoms with Crippen LogP contribution in [0.1, 0.15) is 19.6 Å². The van der Waals surface area contributed by atoms with Crippen LogP contribution in [0.5, 0.6) is 0 Å². The fourth-order valence-electron chi connectivity index (χ4n) is 2.39. The molecule has 1 aliphatic heterocycles. The number of aromatic amines is 1. The second-order valence-corrected chi connectivity index (χ2v) is 11.5. The molecule has 5 N–H and O–H groups in total. The third-order valence-corrected chi connectivity index (χ3v) is 8.16. The molecule has 2 unspecified atom stereocenters. The van der Waals surface area contributed by atoms with Gasteiger partial charge in [0.25, 0.3) is 5.56 Å². The van der Waals surface area contributed by atoms with Gasteiger partial charge >= 0.3 is 29.2 Å². The molecular formula is C10H16IN2O13P3. The zero-order valence-corrected chi connectivity index (χ0v) is 19.2. The van der Waals surface area contributed by atoms with E-state index in [2.05, 4.69) is 18.1 Å². The molecule has 5 atom stereocenters. The van der Waals surface area contributed by atoms with Crippen LogP contribution >= 0.6 is 46.1 Å². The summed E-state index contributed by atoms with van der Waals surface area (Å²) in [6, 6.07) is 0. The van der Waals surface area contributed by atoms with Crippen LogP contribution in [-0.4, -0.2) is 41.8 Å². The Bertz CT molecular complexity index is 1020. The molecule has 19 heteroatoms. The maximum atomic E-state index is 11.9. The second kappa shape index (κ2) is 9.10. The van der Waals surface area contributed by atoms with Crippen LogP contribution < -0.4 is 11.2 Å². The Morgan fingerprint density at radius 1 is 1.21 bits per heavy atom. The molecule has 1 saturated heterocycles. The largest absolute Gasteiger partial charge is 0.490 e. The van der Waals surface area contributed by atoms with Gasteiger partial charge in [0.15, 0.2) is 0 Å². The lowest BCUT2D eigenvalue weighted by Crippen LogP contribution is -2.33. The molecule has 0 aromatic carbocycles. The zero-order valence-electron chi connectivity index (χ0n) is 14.4. The van der Waals surface area contributed by atoms with Crippen LogP contribution in [0, 0.1) is 9.49 Å². The Kier molecular flexibility index (Phi) is 7.86. The van der Waals surface area contributed by atoms with E-state index in [9.17, 15) is 28.2 Å². The van der Waals surface area contributed by atoms with Gasteiger partial charge in [-0.2, -0.15) is 8.62 Å². The van der Waals surface area contributed by atoms with E-state index in [1.54, 1.807) is 29.5 Å². The van der Waals surface area contributed by atoms with E-state index in [1.165, 1.54) is 6.20 Å². The fourth-order valence-corrected chi connectivity index (χ4v) is 5.85. The lowest BCUT2D eigenvalue weighted by molar-refractivity contribution is -0.0309. The lowest BCUT2D eigenvalue weighted by atomic mass is 10.0. The number of ether oxygens (including phenoxy) is 1. The standard InChI is InChI=1S/C10H16IN2O13P3/c1-5-2-8(13-3-6(11)9(14)12-10(13)15)24-7(5)4-23-28(19,20)26-29(21,22)25-27(16,17)18/h3,5,7-8H,2,4H2,1H3,(H,19,20)(H,21,22)(H,12,14,15)(H2,16,17,18)/t5-,7+,8+/m0/s1. The lowest BCUT2D eigenvalue weighted by Gasteiger charge is -2.19. The Morgan fingerprint density at radius 2 is 1.83 bits per heavy atom. The summed E-state index contributed by atoms with van der Waals surface area (Å²) >= 11 is 1.72. The predicted octanol–water partition coefficient (Wildman–Crippen LogP) is 0.408. The number of nitrogens with zero attached hydrogens (tertiary/aromatic N) is 1. The average Bonchev–Trinajstić information content (AvgIpc) is 2.86. The van der Waals surface area contributed by atoms with Crippen LogP contribution in [0.4, 0.5) is 0 Å². The van der Waals surface area contributed by atoms with Gasteiger partial charge in [0.1, 0.15) is 6.23 Å².